The van der Waals surface area contributed by atoms with Gasteiger partial charge in [-0.2, -0.15) is 5.10 Å². The summed E-state index contributed by atoms with van der Waals surface area (Å²) in [5, 5.41) is 14.4. The van der Waals surface area contributed by atoms with Gasteiger partial charge in [0.25, 0.3) is 5.91 Å². The lowest BCUT2D eigenvalue weighted by atomic mass is 10.2. The second kappa shape index (κ2) is 4.86. The molecule has 1 amide bonds. The Hall–Kier alpha value is -2.13. The second-order valence-electron chi connectivity index (χ2n) is 4.00. The number of carbonyl (C=O) groups excluding carboxylic acids is 1. The summed E-state index contributed by atoms with van der Waals surface area (Å²) >= 11 is 0. The van der Waals surface area contributed by atoms with Crippen LogP contribution in [0.4, 0.5) is 5.69 Å². The summed E-state index contributed by atoms with van der Waals surface area (Å²) in [5.74, 6) is -0.816. The van der Waals surface area contributed by atoms with E-state index in [1.54, 1.807) is 18.2 Å². The molecule has 0 unspecified atom stereocenters. The van der Waals surface area contributed by atoms with E-state index in [-0.39, 0.29) is 18.0 Å². The minimum atomic E-state index is -3.60. The fourth-order valence-electron chi connectivity index (χ4n) is 1.60. The van der Waals surface area contributed by atoms with Crippen molar-refractivity contribution < 1.29 is 13.2 Å². The molecule has 6 N–H and O–H groups in total. The number of nitrogens with two attached hydrogens (primary N) is 2. The molecule has 0 bridgehead atoms. The molecule has 2 aromatic rings. The van der Waals surface area contributed by atoms with Crippen LogP contribution in [0, 0.1) is 0 Å². The zero-order chi connectivity index (χ0) is 14.0. The van der Waals surface area contributed by atoms with Crippen molar-refractivity contribution in [3.63, 3.8) is 0 Å². The van der Waals surface area contributed by atoms with E-state index in [9.17, 15) is 13.2 Å². The Labute approximate surface area is 109 Å². The summed E-state index contributed by atoms with van der Waals surface area (Å²) in [7, 11) is -3.60. The zero-order valence-electron chi connectivity index (χ0n) is 9.88. The van der Waals surface area contributed by atoms with Crippen LogP contribution in [0.15, 0.2) is 18.2 Å². The number of hydrogen-bond donors (Lipinski definition) is 4. The molecule has 0 atom stereocenters. The lowest BCUT2D eigenvalue weighted by Gasteiger charge is -2.02. The average molecular weight is 283 g/mol. The van der Waals surface area contributed by atoms with Crippen LogP contribution in [0.2, 0.25) is 0 Å². The molecule has 0 radical (unpaired) electrons. The van der Waals surface area contributed by atoms with Gasteiger partial charge in [-0.05, 0) is 18.2 Å². The lowest BCUT2D eigenvalue weighted by Crippen LogP contribution is -2.31. The molecule has 102 valence electrons. The molecule has 0 saturated heterocycles. The van der Waals surface area contributed by atoms with Gasteiger partial charge in [0.2, 0.25) is 10.0 Å². The van der Waals surface area contributed by atoms with E-state index in [0.29, 0.717) is 16.6 Å². The van der Waals surface area contributed by atoms with Crippen molar-refractivity contribution >= 4 is 32.5 Å². The number of hydrogen-bond acceptors (Lipinski definition) is 5. The SMILES string of the molecule is Nc1ccc2[nH]nc(C(=O)NCCS(N)(=O)=O)c2c1. The van der Waals surface area contributed by atoms with Gasteiger partial charge in [0.05, 0.1) is 11.3 Å². The summed E-state index contributed by atoms with van der Waals surface area (Å²) < 4.78 is 21.5. The quantitative estimate of drug-likeness (QED) is 0.541. The van der Waals surface area contributed by atoms with E-state index < -0.39 is 15.9 Å². The molecule has 0 spiro atoms. The minimum absolute atomic E-state index is 0.0751. The molecule has 9 heteroatoms. The first kappa shape index (κ1) is 13.3. The predicted octanol–water partition coefficient (Wildman–Crippen LogP) is -0.837. The molecule has 8 nitrogen and oxygen atoms in total. The molecular weight excluding hydrogens is 270 g/mol. The van der Waals surface area contributed by atoms with Crippen LogP contribution in [-0.2, 0) is 10.0 Å². The highest BCUT2D eigenvalue weighted by atomic mass is 32.2. The number of nitrogens with zero attached hydrogens (tertiary/aromatic N) is 1. The number of nitrogens with one attached hydrogen (secondary N) is 2. The molecule has 2 rings (SSSR count). The zero-order valence-corrected chi connectivity index (χ0v) is 10.7. The van der Waals surface area contributed by atoms with E-state index in [2.05, 4.69) is 15.5 Å². The fourth-order valence-corrected chi connectivity index (χ4v) is 1.98. The van der Waals surface area contributed by atoms with Crippen molar-refractivity contribution in [3.05, 3.63) is 23.9 Å². The van der Waals surface area contributed by atoms with Crippen LogP contribution in [0.3, 0.4) is 0 Å². The molecule has 0 aliphatic rings. The fraction of sp³-hybridized carbons (Fsp3) is 0.200. The number of fused-ring (bicyclic) bond motifs is 1. The maximum atomic E-state index is 11.8. The first-order valence-corrected chi connectivity index (χ1v) is 7.10. The third-order valence-electron chi connectivity index (χ3n) is 2.47. The van der Waals surface area contributed by atoms with Crippen LogP contribution in [0.5, 0.6) is 0 Å². The number of benzene rings is 1. The van der Waals surface area contributed by atoms with Crippen LogP contribution in [0.25, 0.3) is 10.9 Å². The Kier molecular flexibility index (Phi) is 3.40. The third-order valence-corrected chi connectivity index (χ3v) is 3.25. The van der Waals surface area contributed by atoms with Gasteiger partial charge in [-0.3, -0.25) is 9.89 Å². The Bertz CT molecular complexity index is 722. The number of anilines is 1. The molecule has 0 fully saturated rings. The molecule has 1 heterocycles. The summed E-state index contributed by atoms with van der Waals surface area (Å²) in [6.07, 6.45) is 0. The van der Waals surface area contributed by atoms with Gasteiger partial charge in [-0.15, -0.1) is 0 Å². The molecule has 0 aliphatic heterocycles. The molecular formula is C10H13N5O3S. The van der Waals surface area contributed by atoms with Crippen molar-refractivity contribution in [2.24, 2.45) is 5.14 Å². The highest BCUT2D eigenvalue weighted by Crippen LogP contribution is 2.18. The van der Waals surface area contributed by atoms with Crippen molar-refractivity contribution in [1.82, 2.24) is 15.5 Å². The second-order valence-corrected chi connectivity index (χ2v) is 5.73. The number of amides is 1. The lowest BCUT2D eigenvalue weighted by molar-refractivity contribution is 0.0952. The number of primary sulfonamides is 1. The molecule has 19 heavy (non-hydrogen) atoms. The van der Waals surface area contributed by atoms with Gasteiger partial charge in [0, 0.05) is 17.6 Å². The van der Waals surface area contributed by atoms with Crippen molar-refractivity contribution in [2.45, 2.75) is 0 Å². The number of aromatic nitrogens is 2. The first-order valence-electron chi connectivity index (χ1n) is 5.39. The van der Waals surface area contributed by atoms with Crippen molar-refractivity contribution in [3.8, 4) is 0 Å². The topological polar surface area (TPSA) is 144 Å². The van der Waals surface area contributed by atoms with E-state index >= 15 is 0 Å². The Balaban J connectivity index is 2.15. The summed E-state index contributed by atoms with van der Waals surface area (Å²) in [5.41, 5.74) is 6.98. The highest BCUT2D eigenvalue weighted by molar-refractivity contribution is 7.89. The van der Waals surface area contributed by atoms with Crippen LogP contribution < -0.4 is 16.2 Å². The largest absolute Gasteiger partial charge is 0.399 e. The number of carbonyl (C=O) groups is 1. The summed E-state index contributed by atoms with van der Waals surface area (Å²) in [4.78, 5) is 11.8. The normalized spacial score (nSPS) is 11.6. The monoisotopic (exact) mass is 283 g/mol. The number of sulfonamides is 1. The molecule has 0 aliphatic carbocycles. The van der Waals surface area contributed by atoms with Gasteiger partial charge < -0.3 is 11.1 Å². The van der Waals surface area contributed by atoms with Gasteiger partial charge >= 0.3 is 0 Å². The van der Waals surface area contributed by atoms with Gasteiger partial charge in [-0.25, -0.2) is 13.6 Å². The Morgan fingerprint density at radius 1 is 1.42 bits per heavy atom. The standard InChI is InChI=1S/C10H13N5O3S/c11-6-1-2-8-7(5-6)9(15-14-8)10(16)13-3-4-19(12,17)18/h1-2,5H,3-4,11H2,(H,13,16)(H,14,15)(H2,12,17,18). The van der Waals surface area contributed by atoms with E-state index in [0.717, 1.165) is 0 Å². The van der Waals surface area contributed by atoms with Gasteiger partial charge in [0.1, 0.15) is 0 Å². The third kappa shape index (κ3) is 3.20. The first-order chi connectivity index (χ1) is 8.87. The summed E-state index contributed by atoms with van der Waals surface area (Å²) in [6, 6.07) is 5.01. The number of nitrogen functional groups attached to an aromatic ring is 1. The van der Waals surface area contributed by atoms with Gasteiger partial charge in [0.15, 0.2) is 5.69 Å². The Morgan fingerprint density at radius 3 is 2.84 bits per heavy atom. The maximum Gasteiger partial charge on any atom is 0.272 e. The number of H-pyrrole nitrogens is 1. The van der Waals surface area contributed by atoms with E-state index in [1.165, 1.54) is 0 Å². The van der Waals surface area contributed by atoms with Crippen molar-refractivity contribution in [1.29, 1.82) is 0 Å². The van der Waals surface area contributed by atoms with Crippen molar-refractivity contribution in [2.75, 3.05) is 18.0 Å². The number of aromatic amines is 1. The predicted molar refractivity (Wildman–Crippen MR) is 70.8 cm³/mol. The van der Waals surface area contributed by atoms with Crippen LogP contribution in [-0.4, -0.2) is 36.8 Å². The smallest absolute Gasteiger partial charge is 0.272 e. The van der Waals surface area contributed by atoms with Crippen LogP contribution in [0.1, 0.15) is 10.5 Å². The average Bonchev–Trinajstić information content (AvgIpc) is 2.69. The minimum Gasteiger partial charge on any atom is -0.399 e. The maximum absolute atomic E-state index is 11.8. The van der Waals surface area contributed by atoms with E-state index in [1.807, 2.05) is 0 Å². The van der Waals surface area contributed by atoms with Crippen LogP contribution >= 0.6 is 0 Å². The highest BCUT2D eigenvalue weighted by Gasteiger charge is 2.14. The molecule has 1 aromatic heterocycles. The number of rotatable bonds is 4. The van der Waals surface area contributed by atoms with E-state index in [4.69, 9.17) is 10.9 Å². The van der Waals surface area contributed by atoms with Gasteiger partial charge in [-0.1, -0.05) is 0 Å². The Morgan fingerprint density at radius 2 is 2.16 bits per heavy atom. The molecule has 0 saturated carbocycles. The summed E-state index contributed by atoms with van der Waals surface area (Å²) in [6.45, 7) is -0.0751. The molecule has 1 aromatic carbocycles.